The number of allylic oxidation sites excluding steroid dienone is 2. The smallest absolute Gasteiger partial charge is 0.254 e. The fourth-order valence-electron chi connectivity index (χ4n) is 3.91. The molecular formula is C29H33NO6. The molecule has 190 valence electrons. The lowest BCUT2D eigenvalue weighted by Crippen LogP contribution is -2.37. The number of ketones is 2. The van der Waals surface area contributed by atoms with Gasteiger partial charge in [0.1, 0.15) is 11.5 Å². The van der Waals surface area contributed by atoms with Crippen LogP contribution in [0, 0.1) is 0 Å². The van der Waals surface area contributed by atoms with Crippen LogP contribution in [0.3, 0.4) is 0 Å². The van der Waals surface area contributed by atoms with E-state index in [9.17, 15) is 14.4 Å². The molecule has 1 aliphatic carbocycles. The van der Waals surface area contributed by atoms with E-state index in [1.54, 1.807) is 31.2 Å². The van der Waals surface area contributed by atoms with Crippen LogP contribution in [0.1, 0.15) is 50.5 Å². The van der Waals surface area contributed by atoms with Crippen LogP contribution in [0.4, 0.5) is 0 Å². The highest BCUT2D eigenvalue weighted by Crippen LogP contribution is 2.28. The second-order valence-electron chi connectivity index (χ2n) is 9.55. The maximum Gasteiger partial charge on any atom is 0.254 e. The topological polar surface area (TPSA) is 82.1 Å². The van der Waals surface area contributed by atoms with Crippen LogP contribution in [-0.2, 0) is 24.5 Å². The molecule has 7 nitrogen and oxygen atoms in total. The molecule has 0 spiro atoms. The van der Waals surface area contributed by atoms with Crippen molar-refractivity contribution in [3.63, 3.8) is 0 Å². The van der Waals surface area contributed by atoms with Crippen molar-refractivity contribution in [2.24, 2.45) is 0 Å². The monoisotopic (exact) mass is 491 g/mol. The summed E-state index contributed by atoms with van der Waals surface area (Å²) in [6, 6.07) is 14.8. The number of carbonyl (C=O) groups is 3. The predicted molar refractivity (Wildman–Crippen MR) is 137 cm³/mol. The van der Waals surface area contributed by atoms with Gasteiger partial charge in [0.2, 0.25) is 23.1 Å². The summed E-state index contributed by atoms with van der Waals surface area (Å²) in [6.07, 6.45) is 0. The summed E-state index contributed by atoms with van der Waals surface area (Å²) in [5.74, 6) is -0.113. The lowest BCUT2D eigenvalue weighted by molar-refractivity contribution is -0.121. The minimum atomic E-state index is -0.459. The normalized spacial score (nSPS) is 14.2. The van der Waals surface area contributed by atoms with Crippen molar-refractivity contribution in [2.45, 2.75) is 40.0 Å². The van der Waals surface area contributed by atoms with Crippen LogP contribution < -0.4 is 4.74 Å². The lowest BCUT2D eigenvalue weighted by atomic mass is 9.87. The Morgan fingerprint density at radius 1 is 0.833 bits per heavy atom. The number of amides is 1. The Hall–Kier alpha value is -3.87. The molecule has 0 unspecified atom stereocenters. The molecular weight excluding hydrogens is 458 g/mol. The average molecular weight is 492 g/mol. The zero-order valence-corrected chi connectivity index (χ0v) is 21.9. The first-order chi connectivity index (χ1) is 17.0. The summed E-state index contributed by atoms with van der Waals surface area (Å²) in [7, 11) is 2.62. The SMILES string of the molecule is CCN(CC1=C(C)C(=O)C(OC)=C(OC)C1=O)C(=O)c1ccc(Oc2ccc(C(C)(C)C)cc2)cc1. The summed E-state index contributed by atoms with van der Waals surface area (Å²) >= 11 is 0. The molecule has 1 aliphatic rings. The Bertz CT molecular complexity index is 1210. The Labute approximate surface area is 212 Å². The molecule has 2 aromatic rings. The van der Waals surface area contributed by atoms with Crippen molar-refractivity contribution in [3.05, 3.63) is 82.3 Å². The first-order valence-electron chi connectivity index (χ1n) is 11.8. The molecule has 1 amide bonds. The number of carbonyl (C=O) groups excluding carboxylic acids is 3. The highest BCUT2D eigenvalue weighted by molar-refractivity contribution is 6.23. The van der Waals surface area contributed by atoms with Crippen LogP contribution in [0.2, 0.25) is 0 Å². The molecule has 0 aromatic heterocycles. The third-order valence-electron chi connectivity index (χ3n) is 6.17. The van der Waals surface area contributed by atoms with E-state index >= 15 is 0 Å². The molecule has 36 heavy (non-hydrogen) atoms. The number of rotatable bonds is 8. The average Bonchev–Trinajstić information content (AvgIpc) is 2.86. The summed E-state index contributed by atoms with van der Waals surface area (Å²) in [5.41, 5.74) is 2.17. The molecule has 7 heteroatoms. The van der Waals surface area contributed by atoms with Crippen molar-refractivity contribution >= 4 is 17.5 Å². The van der Waals surface area contributed by atoms with E-state index < -0.39 is 11.6 Å². The number of hydrogen-bond donors (Lipinski definition) is 0. The maximum absolute atomic E-state index is 13.2. The molecule has 0 heterocycles. The summed E-state index contributed by atoms with van der Waals surface area (Å²) in [4.78, 5) is 40.3. The van der Waals surface area contributed by atoms with Gasteiger partial charge in [0.15, 0.2) is 0 Å². The van der Waals surface area contributed by atoms with E-state index in [1.165, 1.54) is 24.7 Å². The van der Waals surface area contributed by atoms with E-state index in [4.69, 9.17) is 14.2 Å². The van der Waals surface area contributed by atoms with Crippen molar-refractivity contribution in [1.29, 1.82) is 0 Å². The van der Waals surface area contributed by atoms with Gasteiger partial charge >= 0.3 is 0 Å². The Kier molecular flexibility index (Phi) is 8.03. The lowest BCUT2D eigenvalue weighted by Gasteiger charge is -2.26. The highest BCUT2D eigenvalue weighted by atomic mass is 16.5. The molecule has 0 saturated carbocycles. The van der Waals surface area contributed by atoms with E-state index in [0.29, 0.717) is 23.6 Å². The first-order valence-corrected chi connectivity index (χ1v) is 11.8. The van der Waals surface area contributed by atoms with Crippen LogP contribution >= 0.6 is 0 Å². The maximum atomic E-state index is 13.2. The fourth-order valence-corrected chi connectivity index (χ4v) is 3.91. The number of benzene rings is 2. The van der Waals surface area contributed by atoms with Gasteiger partial charge in [0.05, 0.1) is 20.8 Å². The second-order valence-corrected chi connectivity index (χ2v) is 9.55. The summed E-state index contributed by atoms with van der Waals surface area (Å²) in [6.45, 7) is 10.2. The standard InChI is InChI=1S/C29H33NO6/c1-8-30(17-23-18(2)24(31)26(34-6)27(35-7)25(23)32)28(33)19-9-13-21(14-10-19)36-22-15-11-20(12-16-22)29(3,4)5/h9-16H,8,17H2,1-7H3. The predicted octanol–water partition coefficient (Wildman–Crippen LogP) is 5.21. The molecule has 2 aromatic carbocycles. The van der Waals surface area contributed by atoms with Crippen LogP contribution in [0.25, 0.3) is 0 Å². The van der Waals surface area contributed by atoms with Gasteiger partial charge in [-0.05, 0) is 61.2 Å². The van der Waals surface area contributed by atoms with Crippen LogP contribution in [-0.4, -0.2) is 49.7 Å². The van der Waals surface area contributed by atoms with Crippen molar-refractivity contribution < 1.29 is 28.6 Å². The number of methoxy groups -OCH3 is 2. The second kappa shape index (κ2) is 10.8. The van der Waals surface area contributed by atoms with Crippen molar-refractivity contribution in [3.8, 4) is 11.5 Å². The molecule has 0 saturated heterocycles. The number of nitrogens with zero attached hydrogens (tertiary/aromatic N) is 1. The first kappa shape index (κ1) is 26.7. The van der Waals surface area contributed by atoms with E-state index in [0.717, 1.165) is 0 Å². The number of hydrogen-bond acceptors (Lipinski definition) is 6. The van der Waals surface area contributed by atoms with Gasteiger partial charge in [0, 0.05) is 23.3 Å². The Morgan fingerprint density at radius 3 is 1.81 bits per heavy atom. The Balaban J connectivity index is 1.74. The molecule has 0 radical (unpaired) electrons. The zero-order chi connectivity index (χ0) is 26.6. The van der Waals surface area contributed by atoms with Gasteiger partial charge < -0.3 is 19.1 Å². The van der Waals surface area contributed by atoms with Gasteiger partial charge in [-0.1, -0.05) is 32.9 Å². The summed E-state index contributed by atoms with van der Waals surface area (Å²) in [5, 5.41) is 0. The van der Waals surface area contributed by atoms with Gasteiger partial charge in [-0.25, -0.2) is 0 Å². The van der Waals surface area contributed by atoms with Gasteiger partial charge in [-0.2, -0.15) is 0 Å². The molecule has 0 fully saturated rings. The molecule has 0 N–H and O–H groups in total. The third kappa shape index (κ3) is 5.51. The van der Waals surface area contributed by atoms with Crippen LogP contribution in [0.5, 0.6) is 11.5 Å². The van der Waals surface area contributed by atoms with E-state index in [-0.39, 0.29) is 40.5 Å². The third-order valence-corrected chi connectivity index (χ3v) is 6.17. The van der Waals surface area contributed by atoms with Crippen molar-refractivity contribution in [1.82, 2.24) is 4.90 Å². The fraction of sp³-hybridized carbons (Fsp3) is 0.345. The highest BCUT2D eigenvalue weighted by Gasteiger charge is 2.35. The number of ether oxygens (including phenoxy) is 3. The Morgan fingerprint density at radius 2 is 1.33 bits per heavy atom. The zero-order valence-electron chi connectivity index (χ0n) is 21.9. The van der Waals surface area contributed by atoms with E-state index in [2.05, 4.69) is 20.8 Å². The molecule has 0 bridgehead atoms. The summed E-state index contributed by atoms with van der Waals surface area (Å²) < 4.78 is 16.1. The minimum Gasteiger partial charge on any atom is -0.489 e. The number of likely N-dealkylation sites (N-methyl/N-ethyl adjacent to an activating group) is 1. The van der Waals surface area contributed by atoms with E-state index in [1.807, 2.05) is 31.2 Å². The van der Waals surface area contributed by atoms with Gasteiger partial charge in [-0.3, -0.25) is 14.4 Å². The van der Waals surface area contributed by atoms with Crippen LogP contribution in [0.15, 0.2) is 71.2 Å². The molecule has 3 rings (SSSR count). The molecule has 0 atom stereocenters. The van der Waals surface area contributed by atoms with Crippen molar-refractivity contribution in [2.75, 3.05) is 27.3 Å². The van der Waals surface area contributed by atoms with Gasteiger partial charge in [-0.15, -0.1) is 0 Å². The number of Topliss-reactive ketones (excluding diaryl/α,β-unsaturated/α-hetero) is 2. The minimum absolute atomic E-state index is 0.0199. The largest absolute Gasteiger partial charge is 0.489 e. The quantitative estimate of drug-likeness (QED) is 0.472. The van der Waals surface area contributed by atoms with Gasteiger partial charge in [0.25, 0.3) is 5.91 Å². The molecule has 0 aliphatic heterocycles.